The average Bonchev–Trinajstić information content (AvgIpc) is 2.98. The van der Waals surface area contributed by atoms with Crippen molar-refractivity contribution in [3.63, 3.8) is 0 Å². The first kappa shape index (κ1) is 41.3. The van der Waals surface area contributed by atoms with Crippen LogP contribution in [-0.4, -0.2) is 79.4 Å². The highest BCUT2D eigenvalue weighted by atomic mass is 16.6. The van der Waals surface area contributed by atoms with Crippen LogP contribution in [0.1, 0.15) is 133 Å². The fourth-order valence-electron chi connectivity index (χ4n) is 11.9. The van der Waals surface area contributed by atoms with Gasteiger partial charge in [-0.15, -0.1) is 6.58 Å². The van der Waals surface area contributed by atoms with Crippen LogP contribution in [0, 0.1) is 45.3 Å². The van der Waals surface area contributed by atoms with Crippen molar-refractivity contribution in [3.8, 4) is 0 Å². The minimum atomic E-state index is -1.19. The second kappa shape index (κ2) is 13.4. The minimum absolute atomic E-state index is 0.0405. The fourth-order valence-corrected chi connectivity index (χ4v) is 11.9. The van der Waals surface area contributed by atoms with E-state index < -0.39 is 80.0 Å². The van der Waals surface area contributed by atoms with Crippen molar-refractivity contribution in [2.45, 2.75) is 162 Å². The van der Waals surface area contributed by atoms with E-state index in [2.05, 4.69) is 13.5 Å². The second-order valence-electron chi connectivity index (χ2n) is 19.0. The maximum Gasteiger partial charge on any atom is 0.309 e. The number of esters is 1. The van der Waals surface area contributed by atoms with E-state index in [1.165, 1.54) is 0 Å². The lowest BCUT2D eigenvalue weighted by atomic mass is 9.47. The number of hydrogen-bond donors (Lipinski definition) is 4. The summed E-state index contributed by atoms with van der Waals surface area (Å²) in [5, 5.41) is 41.9. The molecule has 11 nitrogen and oxygen atoms in total. The summed E-state index contributed by atoms with van der Waals surface area (Å²) in [5.74, 6) is -4.57. The number of rotatable bonds is 12. The van der Waals surface area contributed by atoms with Gasteiger partial charge in [0, 0.05) is 0 Å². The van der Waals surface area contributed by atoms with Crippen molar-refractivity contribution in [3.05, 3.63) is 12.7 Å². The van der Waals surface area contributed by atoms with Crippen LogP contribution in [0.15, 0.2) is 12.7 Å². The molecule has 4 rings (SSSR count). The number of carboxylic acid groups (broad SMARTS) is 3. The van der Waals surface area contributed by atoms with Gasteiger partial charge in [-0.25, -0.2) is 0 Å². The highest BCUT2D eigenvalue weighted by Crippen LogP contribution is 2.64. The summed E-state index contributed by atoms with van der Waals surface area (Å²) >= 11 is 0. The standard InChI is InChI=1S/C40H64O11/c1-12-35(6)17-13-26-37(8,25(34(4,5)32(47)48)14-18-38(26,9)50-35)22-30(44)49-23-28(41)40(11)20-16-27-36(7,21-29(42)43)24(33(2,3)31(45)46)15-19-39(27,10)51-40/h12,24-28,41H,1,13-23H2,2-11H3,(H,42,43)(H,45,46)(H,47,48). The summed E-state index contributed by atoms with van der Waals surface area (Å²) in [6.07, 6.45) is 4.80. The predicted molar refractivity (Wildman–Crippen MR) is 190 cm³/mol. The van der Waals surface area contributed by atoms with E-state index in [-0.39, 0.29) is 37.2 Å². The third-order valence-corrected chi connectivity index (χ3v) is 14.7. The van der Waals surface area contributed by atoms with Crippen LogP contribution in [0.25, 0.3) is 0 Å². The molecule has 0 radical (unpaired) electrons. The molecule has 2 aliphatic heterocycles. The SMILES string of the molecule is C=CC1(C)CCC2C(C)(CCC(C(C)(C)C(=O)O)C2(C)CC(=O)OCC(O)C2(C)CCC3C(C)(CCC(C(C)(C)C(=O)O)C3(C)CC(=O)O)O2)O1. The number of aliphatic hydroxyl groups excluding tert-OH is 1. The van der Waals surface area contributed by atoms with Crippen molar-refractivity contribution in [1.82, 2.24) is 0 Å². The lowest BCUT2D eigenvalue weighted by Crippen LogP contribution is -2.65. The molecular weight excluding hydrogens is 656 g/mol. The van der Waals surface area contributed by atoms with Crippen molar-refractivity contribution < 1.29 is 53.8 Å². The van der Waals surface area contributed by atoms with Crippen LogP contribution < -0.4 is 0 Å². The maximum atomic E-state index is 13.8. The van der Waals surface area contributed by atoms with E-state index in [0.29, 0.717) is 44.9 Å². The smallest absolute Gasteiger partial charge is 0.309 e. The first-order valence-electron chi connectivity index (χ1n) is 18.7. The van der Waals surface area contributed by atoms with E-state index in [0.717, 1.165) is 6.42 Å². The van der Waals surface area contributed by atoms with Crippen molar-refractivity contribution in [2.75, 3.05) is 6.61 Å². The Balaban J connectivity index is 1.53. The maximum absolute atomic E-state index is 13.8. The number of carbonyl (C=O) groups is 4. The number of carboxylic acids is 3. The number of fused-ring (bicyclic) bond motifs is 2. The summed E-state index contributed by atoms with van der Waals surface area (Å²) in [7, 11) is 0. The topological polar surface area (TPSA) is 177 Å². The lowest BCUT2D eigenvalue weighted by molar-refractivity contribution is -0.284. The summed E-state index contributed by atoms with van der Waals surface area (Å²) < 4.78 is 19.3. The van der Waals surface area contributed by atoms with Gasteiger partial charge in [0.05, 0.1) is 46.1 Å². The summed E-state index contributed by atoms with van der Waals surface area (Å²) in [6.45, 7) is 22.0. The van der Waals surface area contributed by atoms with Crippen LogP contribution in [0.2, 0.25) is 0 Å². The first-order chi connectivity index (χ1) is 23.2. The lowest BCUT2D eigenvalue weighted by Gasteiger charge is -2.63. The zero-order valence-electron chi connectivity index (χ0n) is 32.6. The van der Waals surface area contributed by atoms with Gasteiger partial charge in [0.25, 0.3) is 0 Å². The van der Waals surface area contributed by atoms with Crippen molar-refractivity contribution in [2.24, 2.45) is 45.3 Å². The van der Waals surface area contributed by atoms with Gasteiger partial charge in [0.2, 0.25) is 0 Å². The Hall–Kier alpha value is -2.50. The Morgan fingerprint density at radius 2 is 1.20 bits per heavy atom. The van der Waals surface area contributed by atoms with E-state index in [9.17, 15) is 39.6 Å². The molecule has 0 spiro atoms. The van der Waals surface area contributed by atoms with E-state index >= 15 is 0 Å². The first-order valence-corrected chi connectivity index (χ1v) is 18.7. The molecule has 0 aromatic carbocycles. The van der Waals surface area contributed by atoms with E-state index in [4.69, 9.17) is 14.2 Å². The molecule has 0 aromatic rings. The van der Waals surface area contributed by atoms with Gasteiger partial charge in [-0.3, -0.25) is 19.2 Å². The van der Waals surface area contributed by atoms with Crippen LogP contribution in [0.5, 0.6) is 0 Å². The Morgan fingerprint density at radius 1 is 0.745 bits per heavy atom. The monoisotopic (exact) mass is 720 g/mol. The molecule has 11 heteroatoms. The molecule has 290 valence electrons. The quantitative estimate of drug-likeness (QED) is 0.122. The molecule has 4 aliphatic rings. The zero-order valence-corrected chi connectivity index (χ0v) is 32.6. The molecular formula is C40H64O11. The van der Waals surface area contributed by atoms with Gasteiger partial charge in [0.1, 0.15) is 12.7 Å². The second-order valence-corrected chi connectivity index (χ2v) is 19.0. The molecule has 51 heavy (non-hydrogen) atoms. The molecule has 2 aliphatic carbocycles. The summed E-state index contributed by atoms with van der Waals surface area (Å²) in [4.78, 5) is 50.9. The van der Waals surface area contributed by atoms with E-state index in [1.807, 2.05) is 33.8 Å². The van der Waals surface area contributed by atoms with Crippen molar-refractivity contribution in [1.29, 1.82) is 0 Å². The molecule has 0 aromatic heterocycles. The molecule has 0 bridgehead atoms. The Bertz CT molecular complexity index is 1410. The van der Waals surface area contributed by atoms with Gasteiger partial charge in [-0.2, -0.15) is 0 Å². The summed E-state index contributed by atoms with van der Waals surface area (Å²) in [5.41, 5.74) is -6.99. The van der Waals surface area contributed by atoms with Crippen LogP contribution in [0.3, 0.4) is 0 Å². The largest absolute Gasteiger partial charge is 0.481 e. The third kappa shape index (κ3) is 7.12. The molecule has 2 heterocycles. The van der Waals surface area contributed by atoms with Gasteiger partial charge in [-0.05, 0) is 141 Å². The van der Waals surface area contributed by atoms with Crippen LogP contribution in [0.4, 0.5) is 0 Å². The molecule has 4 N–H and O–H groups in total. The number of aliphatic carboxylic acids is 3. The summed E-state index contributed by atoms with van der Waals surface area (Å²) in [6, 6.07) is 0. The molecule has 2 saturated carbocycles. The van der Waals surface area contributed by atoms with Gasteiger partial charge < -0.3 is 34.6 Å². The third-order valence-electron chi connectivity index (χ3n) is 14.7. The molecule has 0 amide bonds. The Morgan fingerprint density at radius 3 is 1.65 bits per heavy atom. The van der Waals surface area contributed by atoms with Crippen LogP contribution >= 0.6 is 0 Å². The molecule has 2 saturated heterocycles. The number of ether oxygens (including phenoxy) is 3. The Kier molecular flexibility index (Phi) is 10.9. The van der Waals surface area contributed by atoms with Gasteiger partial charge in [-0.1, -0.05) is 19.9 Å². The molecule has 4 fully saturated rings. The van der Waals surface area contributed by atoms with Crippen molar-refractivity contribution >= 4 is 23.9 Å². The van der Waals surface area contributed by atoms with Gasteiger partial charge in [0.15, 0.2) is 0 Å². The average molecular weight is 721 g/mol. The molecule has 11 unspecified atom stereocenters. The highest BCUT2D eigenvalue weighted by Gasteiger charge is 2.64. The number of carbonyl (C=O) groups excluding carboxylic acids is 1. The predicted octanol–water partition coefficient (Wildman–Crippen LogP) is 6.88. The normalized spacial score (nSPS) is 42.1. The Labute approximate surface area is 303 Å². The molecule has 11 atom stereocenters. The fraction of sp³-hybridized carbons (Fsp3) is 0.850. The van der Waals surface area contributed by atoms with Crippen LogP contribution in [-0.2, 0) is 33.4 Å². The highest BCUT2D eigenvalue weighted by molar-refractivity contribution is 5.76. The van der Waals surface area contributed by atoms with Gasteiger partial charge >= 0.3 is 23.9 Å². The number of aliphatic hydroxyl groups is 1. The zero-order chi connectivity index (χ0) is 38.8. The number of hydrogen-bond acceptors (Lipinski definition) is 8. The minimum Gasteiger partial charge on any atom is -0.481 e. The van der Waals surface area contributed by atoms with E-state index in [1.54, 1.807) is 34.6 Å².